The number of hydrogen-bond donors (Lipinski definition) is 0. The Bertz CT molecular complexity index is 120. The monoisotopic (exact) mass is 207 g/mol. The minimum absolute atomic E-state index is 1.03. The second-order valence-electron chi connectivity index (χ2n) is 5.28. The smallest absolute Gasteiger partial charge is 0.0686 e. The van der Waals surface area contributed by atoms with Crippen LogP contribution in [0.2, 0.25) is 11.6 Å². The largest absolute Gasteiger partial charge is 0.117 e. The van der Waals surface area contributed by atoms with Gasteiger partial charge in [-0.3, -0.25) is 0 Å². The van der Waals surface area contributed by atoms with E-state index in [1.54, 1.807) is 0 Å². The van der Waals surface area contributed by atoms with Crippen molar-refractivity contribution in [2.45, 2.75) is 89.7 Å². The van der Waals surface area contributed by atoms with Crippen LogP contribution in [0, 0.1) is 0 Å². The third-order valence-corrected chi connectivity index (χ3v) is 3.80. The van der Waals surface area contributed by atoms with Crippen LogP contribution in [-0.4, -0.2) is 7.28 Å². The average Bonchev–Trinajstić information content (AvgIpc) is 2.27. The van der Waals surface area contributed by atoms with Crippen molar-refractivity contribution in [3.63, 3.8) is 0 Å². The van der Waals surface area contributed by atoms with Crippen LogP contribution in [0.3, 0.4) is 0 Å². The topological polar surface area (TPSA) is 0 Å². The highest BCUT2D eigenvalue weighted by atomic mass is 14.2. The lowest BCUT2D eigenvalue weighted by Gasteiger charge is -2.33. The molecule has 87 valence electrons. The summed E-state index contributed by atoms with van der Waals surface area (Å²) in [7, 11) is 2.62. The molecule has 0 saturated carbocycles. The Labute approximate surface area is 97.5 Å². The van der Waals surface area contributed by atoms with Gasteiger partial charge in [0.2, 0.25) is 0 Å². The van der Waals surface area contributed by atoms with E-state index in [4.69, 9.17) is 0 Å². The Balaban J connectivity index is 0.000000167. The summed E-state index contributed by atoms with van der Waals surface area (Å²) >= 11 is 0. The summed E-state index contributed by atoms with van der Waals surface area (Å²) in [5.41, 5.74) is 0. The number of rotatable bonds is 3. The summed E-state index contributed by atoms with van der Waals surface area (Å²) in [5, 5.41) is 0. The second kappa shape index (κ2) is 8.24. The molecule has 0 aromatic heterocycles. The molecule has 0 unspecified atom stereocenters. The molecule has 2 bridgehead atoms. The van der Waals surface area contributed by atoms with Gasteiger partial charge in [-0.05, 0) is 0 Å². The van der Waals surface area contributed by atoms with E-state index in [1.165, 1.54) is 64.2 Å². The maximum Gasteiger partial charge on any atom is 0.117 e. The molecule has 2 fully saturated rings. The van der Waals surface area contributed by atoms with Gasteiger partial charge in [-0.15, -0.1) is 0 Å². The van der Waals surface area contributed by atoms with Gasteiger partial charge in [-0.1, -0.05) is 89.7 Å². The Morgan fingerprint density at radius 1 is 0.800 bits per heavy atom. The van der Waals surface area contributed by atoms with Crippen LogP contribution >= 0.6 is 0 Å². The third-order valence-electron chi connectivity index (χ3n) is 3.80. The minimum atomic E-state index is 1.03. The number of hydrogen-bond acceptors (Lipinski definition) is 0. The van der Waals surface area contributed by atoms with Crippen LogP contribution in [0.4, 0.5) is 0 Å². The molecule has 2 aliphatic heterocycles. The molecule has 0 amide bonds. The van der Waals surface area contributed by atoms with E-state index in [0.29, 0.717) is 0 Å². The van der Waals surface area contributed by atoms with E-state index in [0.717, 1.165) is 11.6 Å². The molecule has 0 nitrogen and oxygen atoms in total. The number of unbranched alkanes of at least 4 members (excludes halogenated alkanes) is 3. The fraction of sp³-hybridized carbons (Fsp3) is 1.00. The molecule has 1 heteroatoms. The van der Waals surface area contributed by atoms with Gasteiger partial charge in [0.1, 0.15) is 7.28 Å². The zero-order valence-corrected chi connectivity index (χ0v) is 10.8. The summed E-state index contributed by atoms with van der Waals surface area (Å²) < 4.78 is 0. The molecule has 2 aliphatic rings. The number of fused-ring (bicyclic) bond motifs is 2. The SMILES string of the molecule is CCCCCC.[B]1C2CCCC1CCC2. The summed E-state index contributed by atoms with van der Waals surface area (Å²) in [6.07, 6.45) is 14.5. The first-order chi connectivity index (χ1) is 7.36. The maximum absolute atomic E-state index is 2.62. The van der Waals surface area contributed by atoms with E-state index in [2.05, 4.69) is 21.1 Å². The highest BCUT2D eigenvalue weighted by Crippen LogP contribution is 2.40. The van der Waals surface area contributed by atoms with Crippen molar-refractivity contribution in [1.29, 1.82) is 0 Å². The normalized spacial score (nSPS) is 28.7. The first-order valence-corrected chi connectivity index (χ1v) is 7.21. The van der Waals surface area contributed by atoms with Crippen molar-refractivity contribution < 1.29 is 0 Å². The van der Waals surface area contributed by atoms with Crippen LogP contribution in [-0.2, 0) is 0 Å². The van der Waals surface area contributed by atoms with Gasteiger partial charge < -0.3 is 0 Å². The lowest BCUT2D eigenvalue weighted by Crippen LogP contribution is -2.21. The van der Waals surface area contributed by atoms with Crippen LogP contribution in [0.25, 0.3) is 0 Å². The zero-order chi connectivity index (χ0) is 10.9. The Morgan fingerprint density at radius 2 is 1.20 bits per heavy atom. The molecule has 2 rings (SSSR count). The van der Waals surface area contributed by atoms with Gasteiger partial charge in [0.05, 0.1) is 0 Å². The Kier molecular flexibility index (Phi) is 7.22. The lowest BCUT2D eigenvalue weighted by molar-refractivity contribution is 0.455. The fourth-order valence-corrected chi connectivity index (χ4v) is 2.84. The van der Waals surface area contributed by atoms with E-state index in [9.17, 15) is 0 Å². The maximum atomic E-state index is 2.62. The molecule has 1 radical (unpaired) electrons. The fourth-order valence-electron chi connectivity index (χ4n) is 2.84. The van der Waals surface area contributed by atoms with Gasteiger partial charge in [-0.2, -0.15) is 0 Å². The van der Waals surface area contributed by atoms with Crippen molar-refractivity contribution in [1.82, 2.24) is 0 Å². The van der Waals surface area contributed by atoms with Crippen LogP contribution in [0.5, 0.6) is 0 Å². The molecule has 0 N–H and O–H groups in total. The van der Waals surface area contributed by atoms with Crippen molar-refractivity contribution in [3.8, 4) is 0 Å². The molecule has 2 saturated heterocycles. The highest BCUT2D eigenvalue weighted by Gasteiger charge is 2.26. The van der Waals surface area contributed by atoms with E-state index in [-0.39, 0.29) is 0 Å². The van der Waals surface area contributed by atoms with Gasteiger partial charge >= 0.3 is 0 Å². The van der Waals surface area contributed by atoms with Gasteiger partial charge in [-0.25, -0.2) is 0 Å². The third kappa shape index (κ3) is 5.63. The first kappa shape index (κ1) is 13.1. The minimum Gasteiger partial charge on any atom is -0.0686 e. The van der Waals surface area contributed by atoms with Crippen molar-refractivity contribution >= 4 is 7.28 Å². The lowest BCUT2D eigenvalue weighted by atomic mass is 9.44. The molecular formula is C14H28B. The molecule has 0 aromatic carbocycles. The van der Waals surface area contributed by atoms with Crippen LogP contribution in [0.1, 0.15) is 78.1 Å². The molecule has 2 heterocycles. The van der Waals surface area contributed by atoms with Gasteiger partial charge in [0.15, 0.2) is 0 Å². The predicted molar refractivity (Wildman–Crippen MR) is 70.8 cm³/mol. The molecule has 0 spiro atoms. The quantitative estimate of drug-likeness (QED) is 0.439. The van der Waals surface area contributed by atoms with Crippen LogP contribution < -0.4 is 0 Å². The van der Waals surface area contributed by atoms with Crippen LogP contribution in [0.15, 0.2) is 0 Å². The first-order valence-electron chi connectivity index (χ1n) is 7.21. The van der Waals surface area contributed by atoms with Gasteiger partial charge in [0.25, 0.3) is 0 Å². The summed E-state index contributed by atoms with van der Waals surface area (Å²) in [6, 6.07) is 0. The molecule has 15 heavy (non-hydrogen) atoms. The average molecular weight is 207 g/mol. The van der Waals surface area contributed by atoms with Crippen molar-refractivity contribution in [2.75, 3.05) is 0 Å². The molecular weight excluding hydrogens is 179 g/mol. The van der Waals surface area contributed by atoms with E-state index in [1.807, 2.05) is 0 Å². The summed E-state index contributed by atoms with van der Waals surface area (Å²) in [6.45, 7) is 4.46. The van der Waals surface area contributed by atoms with E-state index >= 15 is 0 Å². The molecule has 0 atom stereocenters. The predicted octanol–water partition coefficient (Wildman–Crippen LogP) is 5.22. The highest BCUT2D eigenvalue weighted by molar-refractivity contribution is 6.40. The Hall–Kier alpha value is 0.0649. The second-order valence-corrected chi connectivity index (χ2v) is 5.28. The summed E-state index contributed by atoms with van der Waals surface area (Å²) in [5.74, 6) is 2.05. The molecule has 0 aromatic rings. The summed E-state index contributed by atoms with van der Waals surface area (Å²) in [4.78, 5) is 0. The van der Waals surface area contributed by atoms with E-state index < -0.39 is 0 Å². The zero-order valence-electron chi connectivity index (χ0n) is 10.8. The standard InChI is InChI=1S/C8H14B.C6H14/c1-3-7-5-2-6-8(4-1)9-7;1-3-5-6-4-2/h7-8H,1-6H2;3-6H2,1-2H3. The molecule has 0 aliphatic carbocycles. The Morgan fingerprint density at radius 3 is 1.47 bits per heavy atom. The van der Waals surface area contributed by atoms with Crippen molar-refractivity contribution in [2.24, 2.45) is 0 Å². The van der Waals surface area contributed by atoms with Gasteiger partial charge in [0, 0.05) is 0 Å². The van der Waals surface area contributed by atoms with Crippen molar-refractivity contribution in [3.05, 3.63) is 0 Å².